The van der Waals surface area contributed by atoms with Crippen molar-refractivity contribution in [3.05, 3.63) is 0 Å². The lowest BCUT2D eigenvalue weighted by Crippen LogP contribution is -2.40. The van der Waals surface area contributed by atoms with Crippen molar-refractivity contribution < 1.29 is 18.6 Å². The molecule has 0 aromatic carbocycles. The van der Waals surface area contributed by atoms with Crippen LogP contribution in [0.5, 0.6) is 0 Å². The zero-order valence-corrected chi connectivity index (χ0v) is 17.6. The standard InChI is InChI=1S/C18H36N3O4P/c1-5-8-10-12-18(23)21-14-16(13-20-17(22)11-9-6-2)25-26(4)24-15-19-7-3/h15-16H,5-14H2,1-4H3,(H,20,22)(H,21,23)/b19-15+. The maximum Gasteiger partial charge on any atom is 0.228 e. The molecule has 2 unspecified atom stereocenters. The molecule has 0 bridgehead atoms. The van der Waals surface area contributed by atoms with Crippen LogP contribution >= 0.6 is 8.38 Å². The summed E-state index contributed by atoms with van der Waals surface area (Å²) in [6, 6.07) is 0. The maximum absolute atomic E-state index is 11.9. The van der Waals surface area contributed by atoms with E-state index in [1.54, 1.807) is 0 Å². The van der Waals surface area contributed by atoms with Gasteiger partial charge < -0.3 is 19.7 Å². The minimum Gasteiger partial charge on any atom is -0.437 e. The molecular formula is C18H36N3O4P. The molecule has 0 aliphatic carbocycles. The van der Waals surface area contributed by atoms with E-state index in [0.29, 0.717) is 32.5 Å². The summed E-state index contributed by atoms with van der Waals surface area (Å²) in [6.45, 7) is 9.24. The van der Waals surface area contributed by atoms with Crippen LogP contribution in [0.25, 0.3) is 0 Å². The van der Waals surface area contributed by atoms with Gasteiger partial charge in [0.2, 0.25) is 20.2 Å². The predicted molar refractivity (Wildman–Crippen MR) is 108 cm³/mol. The molecule has 26 heavy (non-hydrogen) atoms. The van der Waals surface area contributed by atoms with Crippen molar-refractivity contribution in [1.82, 2.24) is 10.6 Å². The number of carbonyl (C=O) groups excluding carboxylic acids is 2. The highest BCUT2D eigenvalue weighted by molar-refractivity contribution is 7.46. The smallest absolute Gasteiger partial charge is 0.228 e. The van der Waals surface area contributed by atoms with E-state index in [2.05, 4.69) is 22.5 Å². The molecule has 7 nitrogen and oxygen atoms in total. The van der Waals surface area contributed by atoms with E-state index in [0.717, 1.165) is 32.1 Å². The van der Waals surface area contributed by atoms with Crippen LogP contribution in [0.1, 0.15) is 65.7 Å². The van der Waals surface area contributed by atoms with Crippen molar-refractivity contribution in [2.75, 3.05) is 26.3 Å². The van der Waals surface area contributed by atoms with Gasteiger partial charge >= 0.3 is 0 Å². The normalized spacial score (nSPS) is 13.4. The van der Waals surface area contributed by atoms with E-state index in [1.165, 1.54) is 6.40 Å². The van der Waals surface area contributed by atoms with E-state index in [9.17, 15) is 9.59 Å². The molecule has 0 aromatic heterocycles. The van der Waals surface area contributed by atoms with Crippen molar-refractivity contribution in [1.29, 1.82) is 0 Å². The first-order valence-corrected chi connectivity index (χ1v) is 11.2. The molecule has 2 atom stereocenters. The van der Waals surface area contributed by atoms with Crippen molar-refractivity contribution in [3.63, 3.8) is 0 Å². The summed E-state index contributed by atoms with van der Waals surface area (Å²) in [4.78, 5) is 27.7. The molecule has 8 heteroatoms. The van der Waals surface area contributed by atoms with Gasteiger partial charge in [-0.2, -0.15) is 0 Å². The Morgan fingerprint density at radius 1 is 1.00 bits per heavy atom. The molecule has 0 spiro atoms. The van der Waals surface area contributed by atoms with Crippen LogP contribution in [0.3, 0.4) is 0 Å². The first-order valence-electron chi connectivity index (χ1n) is 9.62. The summed E-state index contributed by atoms with van der Waals surface area (Å²) in [5, 5.41) is 5.76. The molecule has 0 aliphatic rings. The molecule has 0 aliphatic heterocycles. The fourth-order valence-corrected chi connectivity index (χ4v) is 2.88. The fourth-order valence-electron chi connectivity index (χ4n) is 2.06. The van der Waals surface area contributed by atoms with E-state index < -0.39 is 8.38 Å². The molecule has 0 fully saturated rings. The molecule has 2 N–H and O–H groups in total. The lowest BCUT2D eigenvalue weighted by molar-refractivity contribution is -0.121. The fraction of sp³-hybridized carbons (Fsp3) is 0.833. The van der Waals surface area contributed by atoms with Gasteiger partial charge in [0, 0.05) is 39.1 Å². The van der Waals surface area contributed by atoms with E-state index in [1.807, 2.05) is 20.5 Å². The Morgan fingerprint density at radius 3 is 2.12 bits per heavy atom. The Morgan fingerprint density at radius 2 is 1.58 bits per heavy atom. The Hall–Kier alpha value is -1.20. The van der Waals surface area contributed by atoms with Gasteiger partial charge in [-0.25, -0.2) is 0 Å². The number of nitrogens with zero attached hydrogens (tertiary/aromatic N) is 1. The molecular weight excluding hydrogens is 353 g/mol. The summed E-state index contributed by atoms with van der Waals surface area (Å²) >= 11 is 0. The number of rotatable bonds is 16. The Labute approximate surface area is 159 Å². The molecule has 0 aromatic rings. The number of amides is 2. The summed E-state index contributed by atoms with van der Waals surface area (Å²) in [6.07, 6.45) is 6.95. The average molecular weight is 389 g/mol. The second-order valence-corrected chi connectivity index (χ2v) is 7.35. The Bertz CT molecular complexity index is 408. The zero-order chi connectivity index (χ0) is 19.6. The summed E-state index contributed by atoms with van der Waals surface area (Å²) < 4.78 is 11.2. The Kier molecular flexibility index (Phi) is 16.4. The van der Waals surface area contributed by atoms with Crippen LogP contribution < -0.4 is 10.6 Å². The minimum atomic E-state index is -1.17. The number of hydrogen-bond donors (Lipinski definition) is 2. The highest BCUT2D eigenvalue weighted by atomic mass is 31.2. The number of hydrogen-bond acceptors (Lipinski definition) is 5. The third-order valence-corrected chi connectivity index (χ3v) is 4.55. The molecule has 0 rings (SSSR count). The van der Waals surface area contributed by atoms with Crippen molar-refractivity contribution in [3.8, 4) is 0 Å². The first kappa shape index (κ1) is 24.8. The molecule has 0 radical (unpaired) electrons. The highest BCUT2D eigenvalue weighted by Crippen LogP contribution is 2.33. The van der Waals surface area contributed by atoms with Crippen molar-refractivity contribution in [2.45, 2.75) is 71.8 Å². The third kappa shape index (κ3) is 15.1. The number of carbonyl (C=O) groups is 2. The van der Waals surface area contributed by atoms with Gasteiger partial charge in [-0.1, -0.05) is 33.1 Å². The van der Waals surface area contributed by atoms with Gasteiger partial charge in [0.25, 0.3) is 0 Å². The second-order valence-electron chi connectivity index (χ2n) is 6.05. The largest absolute Gasteiger partial charge is 0.437 e. The number of unbranched alkanes of at least 4 members (excludes halogenated alkanes) is 3. The highest BCUT2D eigenvalue weighted by Gasteiger charge is 2.17. The van der Waals surface area contributed by atoms with Gasteiger partial charge in [0.05, 0.1) is 6.10 Å². The van der Waals surface area contributed by atoms with Crippen LogP contribution in [-0.4, -0.2) is 50.6 Å². The van der Waals surface area contributed by atoms with Gasteiger partial charge in [-0.3, -0.25) is 14.6 Å². The van der Waals surface area contributed by atoms with Crippen molar-refractivity contribution >= 4 is 26.6 Å². The molecule has 0 heterocycles. The summed E-state index contributed by atoms with van der Waals surface area (Å²) in [5.41, 5.74) is 0. The average Bonchev–Trinajstić information content (AvgIpc) is 2.62. The maximum atomic E-state index is 11.9. The second kappa shape index (κ2) is 17.2. The van der Waals surface area contributed by atoms with E-state index in [4.69, 9.17) is 9.05 Å². The SMILES string of the molecule is CCCCCC(=O)NCC(CNC(=O)CCCC)OP(C)O/C=N/CC. The Balaban J connectivity index is 4.39. The lowest BCUT2D eigenvalue weighted by Gasteiger charge is -2.21. The minimum absolute atomic E-state index is 0.00335. The third-order valence-electron chi connectivity index (χ3n) is 3.57. The first-order chi connectivity index (χ1) is 12.5. The molecule has 0 saturated carbocycles. The predicted octanol–water partition coefficient (Wildman–Crippen LogP) is 3.38. The lowest BCUT2D eigenvalue weighted by atomic mass is 10.2. The topological polar surface area (TPSA) is 89.0 Å². The van der Waals surface area contributed by atoms with Crippen LogP contribution in [0.4, 0.5) is 0 Å². The van der Waals surface area contributed by atoms with Gasteiger partial charge in [0.15, 0.2) is 6.40 Å². The molecule has 2 amide bonds. The summed E-state index contributed by atoms with van der Waals surface area (Å²) in [7, 11) is -1.17. The summed E-state index contributed by atoms with van der Waals surface area (Å²) in [5.74, 6) is 0.0156. The van der Waals surface area contributed by atoms with Crippen LogP contribution in [0, 0.1) is 0 Å². The van der Waals surface area contributed by atoms with Gasteiger partial charge in [-0.05, 0) is 19.8 Å². The van der Waals surface area contributed by atoms with Crippen LogP contribution in [-0.2, 0) is 18.6 Å². The number of nitrogens with one attached hydrogen (secondary N) is 2. The van der Waals surface area contributed by atoms with E-state index in [-0.39, 0.29) is 17.9 Å². The van der Waals surface area contributed by atoms with Gasteiger partial charge in [-0.15, -0.1) is 0 Å². The van der Waals surface area contributed by atoms with Gasteiger partial charge in [0.1, 0.15) is 0 Å². The van der Waals surface area contributed by atoms with Crippen LogP contribution in [0.2, 0.25) is 0 Å². The number of aliphatic imine (C=N–C) groups is 1. The monoisotopic (exact) mass is 389 g/mol. The quantitative estimate of drug-likeness (QED) is 0.183. The zero-order valence-electron chi connectivity index (χ0n) is 16.8. The van der Waals surface area contributed by atoms with Crippen molar-refractivity contribution in [2.24, 2.45) is 4.99 Å². The van der Waals surface area contributed by atoms with E-state index >= 15 is 0 Å². The van der Waals surface area contributed by atoms with Crippen LogP contribution in [0.15, 0.2) is 4.99 Å². The molecule has 0 saturated heterocycles. The molecule has 152 valence electrons.